The van der Waals surface area contributed by atoms with Crippen LogP contribution in [0.1, 0.15) is 334 Å². The van der Waals surface area contributed by atoms with E-state index in [4.69, 9.17) is 0 Å². The molecule has 15 atom stereocenters. The summed E-state index contributed by atoms with van der Waals surface area (Å²) in [7, 11) is 0. The van der Waals surface area contributed by atoms with Crippen molar-refractivity contribution in [3.63, 3.8) is 0 Å². The summed E-state index contributed by atoms with van der Waals surface area (Å²) in [6.07, 6.45) is 34.9. The Kier molecular flexibility index (Phi) is 32.5. The molecule has 0 saturated heterocycles. The summed E-state index contributed by atoms with van der Waals surface area (Å²) in [5.74, 6) is 17.9. The third-order valence-corrected chi connectivity index (χ3v) is 23.4. The van der Waals surface area contributed by atoms with Crippen LogP contribution in [0.2, 0.25) is 0 Å². The van der Waals surface area contributed by atoms with Crippen LogP contribution in [-0.2, 0) is 0 Å². The predicted octanol–water partition coefficient (Wildman–Crippen LogP) is 24.9. The second-order valence-electron chi connectivity index (χ2n) is 32.5. The lowest BCUT2D eigenvalue weighted by Crippen LogP contribution is -2.13. The highest BCUT2D eigenvalue weighted by Gasteiger charge is 2.33. The van der Waals surface area contributed by atoms with Gasteiger partial charge >= 0.3 is 0 Å². The second-order valence-corrected chi connectivity index (χ2v) is 32.5. The molecule has 72 heavy (non-hydrogen) atoms. The maximum atomic E-state index is 2.39. The Morgan fingerprint density at radius 3 is 0.681 bits per heavy atom. The quantitative estimate of drug-likeness (QED) is 0.246. The maximum Gasteiger partial charge on any atom is -0.0329 e. The van der Waals surface area contributed by atoms with Crippen LogP contribution < -0.4 is 0 Å². The van der Waals surface area contributed by atoms with Gasteiger partial charge in [0.15, 0.2) is 0 Å². The van der Waals surface area contributed by atoms with E-state index >= 15 is 0 Å². The first kappa shape index (κ1) is 70.0. The van der Waals surface area contributed by atoms with Gasteiger partial charge in [0.25, 0.3) is 0 Å². The van der Waals surface area contributed by atoms with E-state index in [-0.39, 0.29) is 0 Å². The molecule has 9 rings (SSSR count). The van der Waals surface area contributed by atoms with Crippen LogP contribution in [0.4, 0.5) is 0 Å². The third kappa shape index (κ3) is 27.5. The Morgan fingerprint density at radius 2 is 0.597 bits per heavy atom. The van der Waals surface area contributed by atoms with Crippen molar-refractivity contribution in [3.8, 4) is 0 Å². The first-order valence-electron chi connectivity index (χ1n) is 33.1. The highest BCUT2D eigenvalue weighted by atomic mass is 14.4. The molecule has 0 spiro atoms. The largest absolute Gasteiger partial charge is 0.0651 e. The summed E-state index contributed by atoms with van der Waals surface area (Å²) < 4.78 is 0. The molecule has 432 valence electrons. The minimum absolute atomic E-state index is 0.653. The van der Waals surface area contributed by atoms with Crippen LogP contribution in [-0.4, -0.2) is 0 Å². The van der Waals surface area contributed by atoms with Crippen molar-refractivity contribution in [1.82, 2.24) is 0 Å². The summed E-state index contributed by atoms with van der Waals surface area (Å²) in [6.45, 7) is 61.6. The summed E-state index contributed by atoms with van der Waals surface area (Å²) in [5, 5.41) is 0. The second kappa shape index (κ2) is 33.4. The van der Waals surface area contributed by atoms with E-state index in [1.807, 2.05) is 0 Å². The van der Waals surface area contributed by atoms with Crippen LogP contribution in [0.3, 0.4) is 0 Å². The molecule has 0 aromatic carbocycles. The fourth-order valence-electron chi connectivity index (χ4n) is 15.3. The highest BCUT2D eigenvalue weighted by Crippen LogP contribution is 2.44. The van der Waals surface area contributed by atoms with Crippen molar-refractivity contribution >= 4 is 0 Å². The molecule has 0 amide bonds. The Bertz CT molecular complexity index is 1210. The van der Waals surface area contributed by atoms with Gasteiger partial charge in [-0.05, 0) is 192 Å². The molecule has 0 heteroatoms. The number of hydrogen-bond donors (Lipinski definition) is 0. The Labute approximate surface area is 460 Å². The predicted molar refractivity (Wildman–Crippen MR) is 331 cm³/mol. The molecule has 12 unspecified atom stereocenters. The lowest BCUT2D eigenvalue weighted by Gasteiger charge is -2.22. The molecular formula is C72H144. The smallest absolute Gasteiger partial charge is 0.0329 e. The standard InChI is InChI=1S/9C8H16/c2*1-6-4-7(2)8(3)5-6;2*1-7-4-5-8(2,3)6-7;2*1-7-5-4-6-8(7,2)3;2*1-6-4-5-7(2)8(6)3;1-3-8-6-4-5-7(8)2/h2*6-8H,4-5H2,1-3H3;4*7H,4-6H2,1-3H3;2*6-8H,4-5H2,1-3H3;7-8H,3-6H2,1-2H3/t6?,7-,8?;;7-;;7-;;;;/m0.0.0..../s1. The summed E-state index contributed by atoms with van der Waals surface area (Å²) in [6, 6.07) is 0. The van der Waals surface area contributed by atoms with Crippen LogP contribution in [0, 0.1) is 128 Å². The average molecular weight is 1010 g/mol. The SMILES string of the molecule is CC1CC(C)C(C)C1.CC1CC(C)[C@@H](C)C1.CC1CCC(C)(C)C1.CC1CCC(C)C1C.CC1CCC(C)C1C.CC1CCCC1(C)C.CCC1CCCC1C.C[C@H]1CCC(C)(C)C1.C[C@H]1CCCC1(C)C. The molecule has 0 aromatic heterocycles. The molecule has 9 fully saturated rings. The summed E-state index contributed by atoms with van der Waals surface area (Å²) in [4.78, 5) is 0. The fraction of sp³-hybridized carbons (Fsp3) is 1.00. The van der Waals surface area contributed by atoms with E-state index in [0.29, 0.717) is 21.7 Å². The summed E-state index contributed by atoms with van der Waals surface area (Å²) in [5.41, 5.74) is 2.64. The van der Waals surface area contributed by atoms with Gasteiger partial charge in [0, 0.05) is 0 Å². The lowest BCUT2D eigenvalue weighted by molar-refractivity contribution is 0.281. The molecule has 0 radical (unpaired) electrons. The molecular weight excluding hydrogens is 865 g/mol. The van der Waals surface area contributed by atoms with Gasteiger partial charge in [-0.1, -0.05) is 270 Å². The van der Waals surface area contributed by atoms with Gasteiger partial charge in [-0.3, -0.25) is 0 Å². The summed E-state index contributed by atoms with van der Waals surface area (Å²) >= 11 is 0. The van der Waals surface area contributed by atoms with E-state index < -0.39 is 0 Å². The van der Waals surface area contributed by atoms with E-state index in [1.165, 1.54) is 154 Å². The van der Waals surface area contributed by atoms with Gasteiger partial charge in [-0.2, -0.15) is 0 Å². The maximum absolute atomic E-state index is 2.39. The highest BCUT2D eigenvalue weighted by molar-refractivity contribution is 4.84. The Hall–Kier alpha value is 0. The van der Waals surface area contributed by atoms with Crippen molar-refractivity contribution in [1.29, 1.82) is 0 Å². The molecule has 9 saturated carbocycles. The third-order valence-electron chi connectivity index (χ3n) is 23.4. The van der Waals surface area contributed by atoms with Crippen LogP contribution >= 0.6 is 0 Å². The van der Waals surface area contributed by atoms with E-state index in [1.54, 1.807) is 0 Å². The molecule has 0 aromatic rings. The van der Waals surface area contributed by atoms with Crippen molar-refractivity contribution in [3.05, 3.63) is 0 Å². The van der Waals surface area contributed by atoms with Gasteiger partial charge < -0.3 is 0 Å². The topological polar surface area (TPSA) is 0 Å². The minimum atomic E-state index is 0.653. The molecule has 0 bridgehead atoms. The average Bonchev–Trinajstić information content (AvgIpc) is 4.20. The molecule has 9 aliphatic carbocycles. The lowest BCUT2D eigenvalue weighted by atomic mass is 9.83. The van der Waals surface area contributed by atoms with E-state index in [9.17, 15) is 0 Å². The van der Waals surface area contributed by atoms with Gasteiger partial charge in [-0.25, -0.2) is 0 Å². The normalized spacial score (nSPS) is 41.2. The molecule has 0 heterocycles. The Morgan fingerprint density at radius 1 is 0.292 bits per heavy atom. The monoisotopic (exact) mass is 1010 g/mol. The van der Waals surface area contributed by atoms with Crippen LogP contribution in [0.5, 0.6) is 0 Å². The van der Waals surface area contributed by atoms with Crippen LogP contribution in [0.25, 0.3) is 0 Å². The van der Waals surface area contributed by atoms with Crippen molar-refractivity contribution in [2.24, 2.45) is 128 Å². The zero-order valence-corrected chi connectivity index (χ0v) is 55.4. The number of rotatable bonds is 1. The van der Waals surface area contributed by atoms with Gasteiger partial charge in [-0.15, -0.1) is 0 Å². The molecule has 0 nitrogen and oxygen atoms in total. The first-order chi connectivity index (χ1) is 33.1. The van der Waals surface area contributed by atoms with Crippen molar-refractivity contribution in [2.75, 3.05) is 0 Å². The van der Waals surface area contributed by atoms with E-state index in [0.717, 1.165) is 107 Å². The first-order valence-corrected chi connectivity index (χ1v) is 33.1. The van der Waals surface area contributed by atoms with Crippen molar-refractivity contribution < 1.29 is 0 Å². The zero-order valence-electron chi connectivity index (χ0n) is 55.4. The molecule has 0 N–H and O–H groups in total. The van der Waals surface area contributed by atoms with Gasteiger partial charge in [0.05, 0.1) is 0 Å². The number of hydrogen-bond acceptors (Lipinski definition) is 0. The molecule has 0 aliphatic heterocycles. The fourth-order valence-corrected chi connectivity index (χ4v) is 15.3. The van der Waals surface area contributed by atoms with Gasteiger partial charge in [0.2, 0.25) is 0 Å². The minimum Gasteiger partial charge on any atom is -0.0651 e. The van der Waals surface area contributed by atoms with E-state index in [2.05, 4.69) is 180 Å². The van der Waals surface area contributed by atoms with Crippen LogP contribution in [0.15, 0.2) is 0 Å². The zero-order chi connectivity index (χ0) is 55.4. The van der Waals surface area contributed by atoms with Crippen molar-refractivity contribution in [2.45, 2.75) is 334 Å². The molecule has 9 aliphatic rings. The Balaban J connectivity index is 0.000000405. The van der Waals surface area contributed by atoms with Gasteiger partial charge in [0.1, 0.15) is 0 Å².